The summed E-state index contributed by atoms with van der Waals surface area (Å²) in [6.45, 7) is 0. The van der Waals surface area contributed by atoms with E-state index in [2.05, 4.69) is 31.0 Å². The third-order valence-electron chi connectivity index (χ3n) is 6.19. The lowest BCUT2D eigenvalue weighted by molar-refractivity contribution is 0.0996. The summed E-state index contributed by atoms with van der Waals surface area (Å²) in [6.07, 6.45) is 8.43. The summed E-state index contributed by atoms with van der Waals surface area (Å²) >= 11 is 0. The van der Waals surface area contributed by atoms with E-state index >= 15 is 0 Å². The average molecular weight is 486 g/mol. The van der Waals surface area contributed by atoms with Crippen molar-refractivity contribution in [2.75, 3.05) is 16.0 Å². The number of pyridine rings is 1. The van der Waals surface area contributed by atoms with Gasteiger partial charge in [0.25, 0.3) is 5.91 Å². The maximum Gasteiger partial charge on any atom is 0.276 e. The second kappa shape index (κ2) is 10.0. The Morgan fingerprint density at radius 1 is 1.00 bits per heavy atom. The first-order valence-corrected chi connectivity index (χ1v) is 11.8. The number of benzene rings is 1. The maximum absolute atomic E-state index is 13.1. The third kappa shape index (κ3) is 5.10. The van der Waals surface area contributed by atoms with Gasteiger partial charge in [0, 0.05) is 47.5 Å². The maximum atomic E-state index is 13.1. The molecule has 7 N–H and O–H groups in total. The standard InChI is InChI=1S/C25H27N9O2/c26-16-4-6-17(7-5-16)31-22-13-20(30-19-3-1-2-15(12-19)23(27)35)24-29-14-21(34(24)33-22)25(36)32-18-8-10-28-11-9-18/h1-3,8-14,16-17,30H,4-7,26H2,(H2,27,35)(H,31,33)(H,28,32,36). The molecule has 3 aromatic heterocycles. The molecule has 0 saturated heterocycles. The lowest BCUT2D eigenvalue weighted by atomic mass is 9.92. The van der Waals surface area contributed by atoms with Crippen molar-refractivity contribution in [3.8, 4) is 0 Å². The number of aromatic nitrogens is 4. The van der Waals surface area contributed by atoms with Crippen LogP contribution in [-0.2, 0) is 0 Å². The van der Waals surface area contributed by atoms with Crippen LogP contribution < -0.4 is 27.4 Å². The molecule has 0 spiro atoms. The lowest BCUT2D eigenvalue weighted by Gasteiger charge is -2.27. The Morgan fingerprint density at radius 3 is 2.53 bits per heavy atom. The van der Waals surface area contributed by atoms with E-state index in [-0.39, 0.29) is 23.7 Å². The number of nitrogens with zero attached hydrogens (tertiary/aromatic N) is 4. The number of carbonyl (C=O) groups excluding carboxylic acids is 2. The number of nitrogens with one attached hydrogen (secondary N) is 3. The molecule has 0 bridgehead atoms. The van der Waals surface area contributed by atoms with E-state index in [1.165, 1.54) is 10.7 Å². The van der Waals surface area contributed by atoms with Gasteiger partial charge in [-0.25, -0.2) is 9.50 Å². The molecule has 1 aliphatic rings. The number of fused-ring (bicyclic) bond motifs is 1. The lowest BCUT2D eigenvalue weighted by Crippen LogP contribution is -2.33. The zero-order valence-electron chi connectivity index (χ0n) is 19.5. The molecule has 1 saturated carbocycles. The highest BCUT2D eigenvalue weighted by atomic mass is 16.2. The number of rotatable bonds is 7. The van der Waals surface area contributed by atoms with Gasteiger partial charge in [-0.1, -0.05) is 6.07 Å². The molecule has 0 radical (unpaired) electrons. The zero-order valence-corrected chi connectivity index (χ0v) is 19.5. The molecule has 11 nitrogen and oxygen atoms in total. The van der Waals surface area contributed by atoms with Crippen molar-refractivity contribution in [3.05, 3.63) is 72.3 Å². The fourth-order valence-corrected chi connectivity index (χ4v) is 4.29. The van der Waals surface area contributed by atoms with Gasteiger partial charge in [-0.05, 0) is 56.0 Å². The van der Waals surface area contributed by atoms with E-state index in [1.807, 2.05) is 12.1 Å². The van der Waals surface area contributed by atoms with Crippen LogP contribution in [0.15, 0.2) is 61.1 Å². The highest BCUT2D eigenvalue weighted by molar-refractivity contribution is 6.03. The van der Waals surface area contributed by atoms with Crippen LogP contribution >= 0.6 is 0 Å². The SMILES string of the molecule is NC(=O)c1cccc(Nc2cc(NC3CCC(N)CC3)nn3c(C(=O)Nc4ccncc4)cnc23)c1. The molecule has 5 rings (SSSR count). The van der Waals surface area contributed by atoms with Gasteiger partial charge in [0.2, 0.25) is 5.91 Å². The van der Waals surface area contributed by atoms with Crippen molar-refractivity contribution in [2.45, 2.75) is 37.8 Å². The Morgan fingerprint density at radius 2 is 1.78 bits per heavy atom. The van der Waals surface area contributed by atoms with Gasteiger partial charge in [0.05, 0.1) is 11.9 Å². The summed E-state index contributed by atoms with van der Waals surface area (Å²) in [7, 11) is 0. The smallest absolute Gasteiger partial charge is 0.276 e. The van der Waals surface area contributed by atoms with E-state index in [0.29, 0.717) is 34.1 Å². The van der Waals surface area contributed by atoms with Crippen LogP contribution in [0.1, 0.15) is 46.5 Å². The molecule has 11 heteroatoms. The molecule has 0 atom stereocenters. The van der Waals surface area contributed by atoms with E-state index in [4.69, 9.17) is 11.5 Å². The minimum Gasteiger partial charge on any atom is -0.366 e. The zero-order chi connectivity index (χ0) is 25.1. The normalized spacial score (nSPS) is 17.5. The summed E-state index contributed by atoms with van der Waals surface area (Å²) in [6, 6.07) is 12.6. The van der Waals surface area contributed by atoms with Gasteiger partial charge in [-0.15, -0.1) is 5.10 Å². The molecule has 184 valence electrons. The van der Waals surface area contributed by atoms with Crippen LogP contribution in [0.25, 0.3) is 5.65 Å². The van der Waals surface area contributed by atoms with Crippen LogP contribution in [0.2, 0.25) is 0 Å². The molecule has 0 unspecified atom stereocenters. The fourth-order valence-electron chi connectivity index (χ4n) is 4.29. The predicted octanol–water partition coefficient (Wildman–Crippen LogP) is 2.90. The van der Waals surface area contributed by atoms with Crippen LogP contribution in [0.5, 0.6) is 0 Å². The van der Waals surface area contributed by atoms with E-state index in [1.54, 1.807) is 42.7 Å². The second-order valence-corrected chi connectivity index (χ2v) is 8.84. The van der Waals surface area contributed by atoms with Gasteiger partial charge >= 0.3 is 0 Å². The molecule has 36 heavy (non-hydrogen) atoms. The van der Waals surface area contributed by atoms with Crippen molar-refractivity contribution < 1.29 is 9.59 Å². The highest BCUT2D eigenvalue weighted by Gasteiger charge is 2.21. The number of primary amides is 1. The highest BCUT2D eigenvalue weighted by Crippen LogP contribution is 2.27. The van der Waals surface area contributed by atoms with Crippen LogP contribution in [0.4, 0.5) is 22.9 Å². The van der Waals surface area contributed by atoms with Crippen molar-refractivity contribution in [1.82, 2.24) is 19.6 Å². The molecule has 3 heterocycles. The fraction of sp³-hybridized carbons (Fsp3) is 0.240. The topological polar surface area (TPSA) is 165 Å². The van der Waals surface area contributed by atoms with Crippen molar-refractivity contribution in [3.63, 3.8) is 0 Å². The Balaban J connectivity index is 1.51. The van der Waals surface area contributed by atoms with Crippen molar-refractivity contribution in [1.29, 1.82) is 0 Å². The largest absolute Gasteiger partial charge is 0.366 e. The van der Waals surface area contributed by atoms with Crippen molar-refractivity contribution >= 4 is 40.3 Å². The molecular weight excluding hydrogens is 458 g/mol. The molecule has 4 aromatic rings. The number of nitrogens with two attached hydrogens (primary N) is 2. The van der Waals surface area contributed by atoms with Gasteiger partial charge in [-0.3, -0.25) is 14.6 Å². The molecule has 0 aliphatic heterocycles. The first-order chi connectivity index (χ1) is 17.5. The number of amides is 2. The predicted molar refractivity (Wildman–Crippen MR) is 137 cm³/mol. The Hall–Kier alpha value is -4.51. The Bertz CT molecular complexity index is 1400. The monoisotopic (exact) mass is 485 g/mol. The minimum atomic E-state index is -0.521. The van der Waals surface area contributed by atoms with Crippen molar-refractivity contribution in [2.24, 2.45) is 11.5 Å². The average Bonchev–Trinajstić information content (AvgIpc) is 3.31. The van der Waals surface area contributed by atoms with Gasteiger partial charge < -0.3 is 27.4 Å². The summed E-state index contributed by atoms with van der Waals surface area (Å²) in [5, 5.41) is 14.3. The van der Waals surface area contributed by atoms with Gasteiger partial charge in [0.15, 0.2) is 11.3 Å². The minimum absolute atomic E-state index is 0.221. The van der Waals surface area contributed by atoms with Crippen LogP contribution in [0, 0.1) is 0 Å². The first-order valence-electron chi connectivity index (χ1n) is 11.8. The molecule has 1 aliphatic carbocycles. The molecule has 1 fully saturated rings. The van der Waals surface area contributed by atoms with E-state index in [9.17, 15) is 9.59 Å². The van der Waals surface area contributed by atoms with Crippen LogP contribution in [-0.4, -0.2) is 43.5 Å². The van der Waals surface area contributed by atoms with Gasteiger partial charge in [-0.2, -0.15) is 0 Å². The number of carbonyl (C=O) groups is 2. The number of hydrogen-bond donors (Lipinski definition) is 5. The quantitative estimate of drug-likeness (QED) is 0.266. The number of anilines is 4. The first kappa shape index (κ1) is 23.2. The number of imidazole rings is 1. The van der Waals surface area contributed by atoms with Crippen LogP contribution in [0.3, 0.4) is 0 Å². The molecule has 1 aromatic carbocycles. The summed E-state index contributed by atoms with van der Waals surface area (Å²) < 4.78 is 1.51. The van der Waals surface area contributed by atoms with E-state index in [0.717, 1.165) is 25.7 Å². The van der Waals surface area contributed by atoms with Gasteiger partial charge in [0.1, 0.15) is 5.82 Å². The third-order valence-corrected chi connectivity index (χ3v) is 6.19. The second-order valence-electron chi connectivity index (χ2n) is 8.84. The van der Waals surface area contributed by atoms with E-state index < -0.39 is 5.91 Å². The summed E-state index contributed by atoms with van der Waals surface area (Å²) in [5.74, 6) is -0.288. The molecule has 2 amide bonds. The Kier molecular flexibility index (Phi) is 6.46. The summed E-state index contributed by atoms with van der Waals surface area (Å²) in [5.41, 5.74) is 14.5. The Labute approximate surface area is 207 Å². The molecular formula is C25H27N9O2. The number of hydrogen-bond acceptors (Lipinski definition) is 8. The summed E-state index contributed by atoms with van der Waals surface area (Å²) in [4.78, 5) is 33.2.